The van der Waals surface area contributed by atoms with Crippen LogP contribution in [0, 0.1) is 0 Å². The smallest absolute Gasteiger partial charge is 0.323 e. The maximum Gasteiger partial charge on any atom is 0.323 e. The number of carboxylic acid groups (broad SMARTS) is 1. The van der Waals surface area contributed by atoms with Crippen molar-refractivity contribution in [3.05, 3.63) is 0 Å². The number of nitrogens with zero attached hydrogens (tertiary/aromatic N) is 1. The minimum absolute atomic E-state index is 0.245. The van der Waals surface area contributed by atoms with Gasteiger partial charge in [0.2, 0.25) is 5.91 Å². The molecule has 0 fully saturated rings. The van der Waals surface area contributed by atoms with E-state index < -0.39 is 24.5 Å². The number of rotatable bonds is 4. The zero-order valence-corrected chi connectivity index (χ0v) is 7.11. The first-order valence-corrected chi connectivity index (χ1v) is 3.42. The number of hydrogen-bond donors (Lipinski definition) is 3. The molecule has 0 aliphatic rings. The van der Waals surface area contributed by atoms with Crippen molar-refractivity contribution in [1.82, 2.24) is 10.2 Å². The molecule has 0 aliphatic heterocycles. The first-order chi connectivity index (χ1) is 5.93. The molecule has 13 heavy (non-hydrogen) atoms. The largest absolute Gasteiger partial charge is 0.480 e. The Balaban J connectivity index is 3.82. The average Bonchev–Trinajstić information content (AvgIpc) is 1.98. The van der Waals surface area contributed by atoms with Crippen molar-refractivity contribution >= 4 is 17.9 Å². The van der Waals surface area contributed by atoms with Crippen molar-refractivity contribution < 1.29 is 19.5 Å². The van der Waals surface area contributed by atoms with E-state index in [9.17, 15) is 14.4 Å². The number of hydrogen-bond acceptors (Lipinski definition) is 3. The maximum atomic E-state index is 10.9. The van der Waals surface area contributed by atoms with Gasteiger partial charge in [-0.15, -0.1) is 0 Å². The Morgan fingerprint density at radius 1 is 1.46 bits per heavy atom. The number of primary amides is 1. The van der Waals surface area contributed by atoms with Crippen molar-refractivity contribution in [2.75, 3.05) is 20.1 Å². The standard InChI is InChI=1S/C6H11N3O4/c1-9(3-4(7)10)6(13)8-2-5(11)12/h2-3H2,1H3,(H2,7,10)(H,8,13)(H,11,12). The number of likely N-dealkylation sites (N-methyl/N-ethyl adjacent to an activating group) is 1. The number of nitrogens with two attached hydrogens (primary N) is 1. The summed E-state index contributed by atoms with van der Waals surface area (Å²) in [5.41, 5.74) is 4.81. The number of carbonyl (C=O) groups excluding carboxylic acids is 2. The molecular weight excluding hydrogens is 178 g/mol. The van der Waals surface area contributed by atoms with E-state index in [1.165, 1.54) is 7.05 Å². The minimum Gasteiger partial charge on any atom is -0.480 e. The lowest BCUT2D eigenvalue weighted by Gasteiger charge is -2.14. The Labute approximate surface area is 74.5 Å². The van der Waals surface area contributed by atoms with E-state index in [1.807, 2.05) is 0 Å². The first kappa shape index (κ1) is 11.2. The molecule has 0 heterocycles. The fourth-order valence-corrected chi connectivity index (χ4v) is 0.592. The normalized spacial score (nSPS) is 9.00. The molecule has 7 heteroatoms. The summed E-state index contributed by atoms with van der Waals surface area (Å²) in [7, 11) is 1.34. The quantitative estimate of drug-likeness (QED) is 0.484. The lowest BCUT2D eigenvalue weighted by atomic mass is 10.5. The number of carbonyl (C=O) groups is 3. The third-order valence-corrected chi connectivity index (χ3v) is 1.13. The van der Waals surface area contributed by atoms with Gasteiger partial charge in [-0.2, -0.15) is 0 Å². The highest BCUT2D eigenvalue weighted by Crippen LogP contribution is 1.82. The van der Waals surface area contributed by atoms with E-state index >= 15 is 0 Å². The third kappa shape index (κ3) is 5.48. The number of nitrogens with one attached hydrogen (secondary N) is 1. The minimum atomic E-state index is -1.15. The molecule has 74 valence electrons. The number of carboxylic acids is 1. The molecule has 0 unspecified atom stereocenters. The first-order valence-electron chi connectivity index (χ1n) is 3.42. The molecule has 7 nitrogen and oxygen atoms in total. The topological polar surface area (TPSA) is 113 Å². The second-order valence-electron chi connectivity index (χ2n) is 2.37. The van der Waals surface area contributed by atoms with Crippen LogP contribution in [0.5, 0.6) is 0 Å². The highest BCUT2D eigenvalue weighted by molar-refractivity contribution is 5.84. The van der Waals surface area contributed by atoms with Crippen LogP contribution in [-0.2, 0) is 9.59 Å². The highest BCUT2D eigenvalue weighted by atomic mass is 16.4. The van der Waals surface area contributed by atoms with Crippen LogP contribution in [0.3, 0.4) is 0 Å². The number of urea groups is 1. The Morgan fingerprint density at radius 3 is 2.38 bits per heavy atom. The maximum absolute atomic E-state index is 10.9. The third-order valence-electron chi connectivity index (χ3n) is 1.13. The van der Waals surface area contributed by atoms with E-state index in [1.54, 1.807) is 0 Å². The van der Waals surface area contributed by atoms with Gasteiger partial charge in [0.1, 0.15) is 13.1 Å². The summed E-state index contributed by atoms with van der Waals surface area (Å²) in [6.07, 6.45) is 0. The summed E-state index contributed by atoms with van der Waals surface area (Å²) in [4.78, 5) is 32.3. The van der Waals surface area contributed by atoms with Crippen LogP contribution in [0.15, 0.2) is 0 Å². The van der Waals surface area contributed by atoms with Crippen LogP contribution in [0.2, 0.25) is 0 Å². The SMILES string of the molecule is CN(CC(N)=O)C(=O)NCC(=O)O. The molecule has 0 spiro atoms. The summed E-state index contributed by atoms with van der Waals surface area (Å²) in [5.74, 6) is -1.81. The van der Waals surface area contributed by atoms with E-state index in [2.05, 4.69) is 5.32 Å². The summed E-state index contributed by atoms with van der Waals surface area (Å²) in [6.45, 7) is -0.729. The van der Waals surface area contributed by atoms with E-state index in [0.717, 1.165) is 4.90 Å². The van der Waals surface area contributed by atoms with Crippen molar-refractivity contribution in [3.8, 4) is 0 Å². The predicted octanol–water partition coefficient (Wildman–Crippen LogP) is -1.80. The fourth-order valence-electron chi connectivity index (χ4n) is 0.592. The molecule has 0 aromatic carbocycles. The second kappa shape index (κ2) is 4.96. The Hall–Kier alpha value is -1.79. The molecular formula is C6H11N3O4. The van der Waals surface area contributed by atoms with Gasteiger partial charge in [0, 0.05) is 7.05 Å². The molecule has 0 aliphatic carbocycles. The van der Waals surface area contributed by atoms with Gasteiger partial charge in [-0.25, -0.2) is 4.79 Å². The molecule has 0 atom stereocenters. The van der Waals surface area contributed by atoms with Crippen LogP contribution in [0.4, 0.5) is 4.79 Å². The zero-order valence-electron chi connectivity index (χ0n) is 7.11. The van der Waals surface area contributed by atoms with Crippen LogP contribution in [-0.4, -0.2) is 48.1 Å². The van der Waals surface area contributed by atoms with Crippen LogP contribution < -0.4 is 11.1 Å². The van der Waals surface area contributed by atoms with Gasteiger partial charge in [-0.1, -0.05) is 0 Å². The molecule has 3 amide bonds. The second-order valence-corrected chi connectivity index (χ2v) is 2.37. The summed E-state index contributed by atoms with van der Waals surface area (Å²) >= 11 is 0. The Morgan fingerprint density at radius 2 is 2.00 bits per heavy atom. The summed E-state index contributed by atoms with van der Waals surface area (Å²) in [5, 5.41) is 10.3. The predicted molar refractivity (Wildman–Crippen MR) is 42.9 cm³/mol. The van der Waals surface area contributed by atoms with Gasteiger partial charge in [0.25, 0.3) is 0 Å². The van der Waals surface area contributed by atoms with Gasteiger partial charge in [-0.05, 0) is 0 Å². The molecule has 0 aromatic rings. The molecule has 0 radical (unpaired) electrons. The van der Waals surface area contributed by atoms with E-state index in [-0.39, 0.29) is 6.54 Å². The van der Waals surface area contributed by atoms with Crippen LogP contribution >= 0.6 is 0 Å². The Bertz CT molecular complexity index is 228. The molecule has 0 saturated heterocycles. The van der Waals surface area contributed by atoms with Gasteiger partial charge in [0.15, 0.2) is 0 Å². The number of aliphatic carboxylic acids is 1. The summed E-state index contributed by atoms with van der Waals surface area (Å²) < 4.78 is 0. The van der Waals surface area contributed by atoms with Crippen molar-refractivity contribution in [3.63, 3.8) is 0 Å². The van der Waals surface area contributed by atoms with Crippen LogP contribution in [0.1, 0.15) is 0 Å². The average molecular weight is 189 g/mol. The van der Waals surface area contributed by atoms with Gasteiger partial charge < -0.3 is 21.1 Å². The monoisotopic (exact) mass is 189 g/mol. The zero-order chi connectivity index (χ0) is 10.4. The van der Waals surface area contributed by atoms with Gasteiger partial charge in [-0.3, -0.25) is 9.59 Å². The van der Waals surface area contributed by atoms with E-state index in [0.29, 0.717) is 0 Å². The fraction of sp³-hybridized carbons (Fsp3) is 0.500. The number of amides is 3. The van der Waals surface area contributed by atoms with Crippen molar-refractivity contribution in [1.29, 1.82) is 0 Å². The summed E-state index contributed by atoms with van der Waals surface area (Å²) in [6, 6.07) is -0.652. The molecule has 0 saturated carbocycles. The van der Waals surface area contributed by atoms with Crippen LogP contribution in [0.25, 0.3) is 0 Å². The molecule has 0 aromatic heterocycles. The lowest BCUT2D eigenvalue weighted by Crippen LogP contribution is -2.43. The molecule has 0 bridgehead atoms. The van der Waals surface area contributed by atoms with E-state index in [4.69, 9.17) is 10.8 Å². The van der Waals surface area contributed by atoms with Crippen molar-refractivity contribution in [2.24, 2.45) is 5.73 Å². The van der Waals surface area contributed by atoms with Crippen molar-refractivity contribution in [2.45, 2.75) is 0 Å². The van der Waals surface area contributed by atoms with Gasteiger partial charge in [0.05, 0.1) is 0 Å². The Kier molecular flexibility index (Phi) is 4.28. The molecule has 4 N–H and O–H groups in total. The molecule has 0 rings (SSSR count). The van der Waals surface area contributed by atoms with Gasteiger partial charge >= 0.3 is 12.0 Å². The lowest BCUT2D eigenvalue weighted by molar-refractivity contribution is -0.135. The highest BCUT2D eigenvalue weighted by Gasteiger charge is 2.10.